The summed E-state index contributed by atoms with van der Waals surface area (Å²) < 4.78 is 5.71. The van der Waals surface area contributed by atoms with Crippen LogP contribution in [-0.4, -0.2) is 31.1 Å². The summed E-state index contributed by atoms with van der Waals surface area (Å²) >= 11 is 2.00. The number of urea groups is 1. The zero-order valence-electron chi connectivity index (χ0n) is 10.4. The first-order chi connectivity index (χ1) is 8.95. The normalized spacial score (nSPS) is 11.3. The van der Waals surface area contributed by atoms with Crippen LogP contribution in [0.25, 0.3) is 0 Å². The molecule has 19 heavy (non-hydrogen) atoms. The lowest BCUT2D eigenvalue weighted by Gasteiger charge is -2.13. The summed E-state index contributed by atoms with van der Waals surface area (Å²) in [5.41, 5.74) is 0.377. The van der Waals surface area contributed by atoms with Gasteiger partial charge in [-0.05, 0) is 41.6 Å². The Hall–Kier alpha value is -1.64. The van der Waals surface area contributed by atoms with Crippen LogP contribution >= 0.6 is 22.6 Å². The van der Waals surface area contributed by atoms with E-state index in [1.54, 1.807) is 24.3 Å². The Morgan fingerprint density at radius 3 is 2.47 bits per heavy atom. The summed E-state index contributed by atoms with van der Waals surface area (Å²) in [6, 6.07) is 6.20. The van der Waals surface area contributed by atoms with Gasteiger partial charge in [0.25, 0.3) is 5.91 Å². The fourth-order valence-electron chi connectivity index (χ4n) is 1.18. The molecule has 1 atom stereocenters. The average molecular weight is 376 g/mol. The zero-order chi connectivity index (χ0) is 14.4. The van der Waals surface area contributed by atoms with Gasteiger partial charge in [-0.25, -0.2) is 9.59 Å². The molecule has 0 aliphatic carbocycles. The minimum atomic E-state index is -1.05. The van der Waals surface area contributed by atoms with Gasteiger partial charge in [-0.15, -0.1) is 0 Å². The first-order valence-electron chi connectivity index (χ1n) is 5.43. The van der Waals surface area contributed by atoms with E-state index in [1.807, 2.05) is 27.9 Å². The number of halogens is 1. The third kappa shape index (κ3) is 4.51. The molecular formula is C12H13IN2O4. The lowest BCUT2D eigenvalue weighted by atomic mass is 10.2. The number of esters is 1. The lowest BCUT2D eigenvalue weighted by Crippen LogP contribution is -2.43. The Balaban J connectivity index is 2.64. The second-order valence-corrected chi connectivity index (χ2v) is 4.76. The maximum absolute atomic E-state index is 11.8. The molecule has 0 saturated heterocycles. The first-order valence-corrected chi connectivity index (χ1v) is 6.51. The van der Waals surface area contributed by atoms with Crippen molar-refractivity contribution in [3.05, 3.63) is 33.4 Å². The Morgan fingerprint density at radius 2 is 1.89 bits per heavy atom. The Morgan fingerprint density at radius 1 is 1.26 bits per heavy atom. The molecule has 0 spiro atoms. The minimum Gasteiger partial charge on any atom is -0.449 e. The number of hydrogen-bond acceptors (Lipinski definition) is 4. The molecule has 0 bridgehead atoms. The van der Waals surface area contributed by atoms with Crippen molar-refractivity contribution in [2.45, 2.75) is 13.0 Å². The fourth-order valence-corrected chi connectivity index (χ4v) is 1.79. The van der Waals surface area contributed by atoms with Crippen molar-refractivity contribution in [2.24, 2.45) is 0 Å². The van der Waals surface area contributed by atoms with E-state index in [0.29, 0.717) is 5.56 Å². The van der Waals surface area contributed by atoms with Gasteiger partial charge in [-0.3, -0.25) is 10.1 Å². The molecular weight excluding hydrogens is 363 g/mol. The molecule has 0 fully saturated rings. The van der Waals surface area contributed by atoms with E-state index in [-0.39, 0.29) is 0 Å². The zero-order valence-corrected chi connectivity index (χ0v) is 12.6. The van der Waals surface area contributed by atoms with Crippen LogP contribution in [0.3, 0.4) is 0 Å². The highest BCUT2D eigenvalue weighted by atomic mass is 127. The second kappa shape index (κ2) is 7.07. The van der Waals surface area contributed by atoms with Crippen LogP contribution in [0.15, 0.2) is 24.3 Å². The standard InChI is InChI=1S/C12H13IN2O4/c1-7(10(16)15-12(18)14-2)19-11(17)8-5-3-4-6-9(8)13/h3-7H,1-2H3,(H2,14,15,16,18)/t7-/m0/s1. The average Bonchev–Trinajstić information content (AvgIpc) is 2.38. The van der Waals surface area contributed by atoms with Gasteiger partial charge in [-0.2, -0.15) is 0 Å². The van der Waals surface area contributed by atoms with Crippen molar-refractivity contribution in [3.63, 3.8) is 0 Å². The van der Waals surface area contributed by atoms with E-state index in [1.165, 1.54) is 14.0 Å². The van der Waals surface area contributed by atoms with Gasteiger partial charge >= 0.3 is 12.0 Å². The number of rotatable bonds is 3. The number of nitrogens with one attached hydrogen (secondary N) is 2. The van der Waals surface area contributed by atoms with E-state index in [2.05, 4.69) is 5.32 Å². The van der Waals surface area contributed by atoms with Crippen LogP contribution in [0.2, 0.25) is 0 Å². The number of carbonyl (C=O) groups is 3. The molecule has 0 aliphatic rings. The number of imide groups is 1. The second-order valence-electron chi connectivity index (χ2n) is 3.60. The van der Waals surface area contributed by atoms with Gasteiger partial charge in [0.1, 0.15) is 0 Å². The van der Waals surface area contributed by atoms with E-state index in [0.717, 1.165) is 3.57 Å². The topological polar surface area (TPSA) is 84.5 Å². The molecule has 102 valence electrons. The van der Waals surface area contributed by atoms with Gasteiger partial charge in [0.2, 0.25) is 0 Å². The maximum atomic E-state index is 11.8. The Kier molecular flexibility index (Phi) is 5.74. The smallest absolute Gasteiger partial charge is 0.339 e. The van der Waals surface area contributed by atoms with Gasteiger partial charge < -0.3 is 10.1 Å². The van der Waals surface area contributed by atoms with E-state index >= 15 is 0 Å². The molecule has 0 radical (unpaired) electrons. The summed E-state index contributed by atoms with van der Waals surface area (Å²) in [7, 11) is 1.38. The van der Waals surface area contributed by atoms with Crippen LogP contribution in [0.4, 0.5) is 4.79 Å². The quantitative estimate of drug-likeness (QED) is 0.615. The van der Waals surface area contributed by atoms with E-state index in [4.69, 9.17) is 4.74 Å². The van der Waals surface area contributed by atoms with Crippen LogP contribution < -0.4 is 10.6 Å². The lowest BCUT2D eigenvalue weighted by molar-refractivity contribution is -0.127. The number of hydrogen-bond donors (Lipinski definition) is 2. The van der Waals surface area contributed by atoms with Crippen LogP contribution in [-0.2, 0) is 9.53 Å². The van der Waals surface area contributed by atoms with Gasteiger partial charge in [-0.1, -0.05) is 12.1 Å². The highest BCUT2D eigenvalue weighted by Gasteiger charge is 2.21. The summed E-state index contributed by atoms with van der Waals surface area (Å²) in [6.45, 7) is 1.39. The Bertz CT molecular complexity index is 504. The highest BCUT2D eigenvalue weighted by molar-refractivity contribution is 14.1. The maximum Gasteiger partial charge on any atom is 0.339 e. The van der Waals surface area contributed by atoms with Crippen LogP contribution in [0.1, 0.15) is 17.3 Å². The molecule has 2 N–H and O–H groups in total. The summed E-state index contributed by atoms with van der Waals surface area (Å²) in [6.07, 6.45) is -1.05. The van der Waals surface area contributed by atoms with Gasteiger partial charge in [0.15, 0.2) is 6.10 Å². The number of amides is 3. The first kappa shape index (κ1) is 15.4. The summed E-state index contributed by atoms with van der Waals surface area (Å²) in [5, 5.41) is 4.27. The predicted molar refractivity (Wildman–Crippen MR) is 76.6 cm³/mol. The predicted octanol–water partition coefficient (Wildman–Crippen LogP) is 1.29. The number of benzene rings is 1. The largest absolute Gasteiger partial charge is 0.449 e. The third-order valence-corrected chi connectivity index (χ3v) is 3.15. The van der Waals surface area contributed by atoms with Crippen LogP contribution in [0.5, 0.6) is 0 Å². The molecule has 7 heteroatoms. The van der Waals surface area contributed by atoms with Crippen molar-refractivity contribution in [1.29, 1.82) is 0 Å². The Labute approximate surface area is 124 Å². The molecule has 0 aliphatic heterocycles. The molecule has 0 heterocycles. The molecule has 1 aromatic carbocycles. The van der Waals surface area contributed by atoms with Crippen LogP contribution in [0, 0.1) is 3.57 Å². The van der Waals surface area contributed by atoms with Crippen molar-refractivity contribution >= 4 is 40.5 Å². The molecule has 1 aromatic rings. The van der Waals surface area contributed by atoms with Crippen molar-refractivity contribution in [1.82, 2.24) is 10.6 Å². The summed E-state index contributed by atoms with van der Waals surface area (Å²) in [5.74, 6) is -1.29. The number of ether oxygens (including phenoxy) is 1. The van der Waals surface area contributed by atoms with E-state index in [9.17, 15) is 14.4 Å². The molecule has 0 saturated carbocycles. The van der Waals surface area contributed by atoms with Gasteiger partial charge in [0.05, 0.1) is 5.56 Å². The fraction of sp³-hybridized carbons (Fsp3) is 0.250. The van der Waals surface area contributed by atoms with E-state index < -0.39 is 24.0 Å². The minimum absolute atomic E-state index is 0.377. The molecule has 0 unspecified atom stereocenters. The molecule has 1 rings (SSSR count). The third-order valence-electron chi connectivity index (χ3n) is 2.21. The van der Waals surface area contributed by atoms with Gasteiger partial charge in [0, 0.05) is 10.6 Å². The van der Waals surface area contributed by atoms with Crippen molar-refractivity contribution in [3.8, 4) is 0 Å². The van der Waals surface area contributed by atoms with Crippen molar-refractivity contribution in [2.75, 3.05) is 7.05 Å². The van der Waals surface area contributed by atoms with Crippen molar-refractivity contribution < 1.29 is 19.1 Å². The summed E-state index contributed by atoms with van der Waals surface area (Å²) in [4.78, 5) is 34.3. The highest BCUT2D eigenvalue weighted by Crippen LogP contribution is 2.13. The monoisotopic (exact) mass is 376 g/mol. The molecule has 0 aromatic heterocycles. The molecule has 3 amide bonds. The number of carbonyl (C=O) groups excluding carboxylic acids is 3. The molecule has 6 nitrogen and oxygen atoms in total. The SMILES string of the molecule is CNC(=O)NC(=O)[C@H](C)OC(=O)c1ccccc1I.